The van der Waals surface area contributed by atoms with Crippen LogP contribution in [0.25, 0.3) is 0 Å². The van der Waals surface area contributed by atoms with Crippen LogP contribution in [0.1, 0.15) is 30.9 Å². The van der Waals surface area contributed by atoms with Gasteiger partial charge in [0.2, 0.25) is 10.0 Å². The average Bonchev–Trinajstić information content (AvgIpc) is 2.46. The highest BCUT2D eigenvalue weighted by molar-refractivity contribution is 7.89. The van der Waals surface area contributed by atoms with Crippen molar-refractivity contribution < 1.29 is 8.42 Å². The largest absolute Gasteiger partial charge is 0.313 e. The third kappa shape index (κ3) is 4.95. The molecule has 0 atom stereocenters. The summed E-state index contributed by atoms with van der Waals surface area (Å²) in [6.07, 6.45) is 3.41. The van der Waals surface area contributed by atoms with Crippen LogP contribution >= 0.6 is 0 Å². The fraction of sp³-hybridized carbons (Fsp3) is 0.500. The zero-order chi connectivity index (χ0) is 15.9. The summed E-state index contributed by atoms with van der Waals surface area (Å²) in [5.74, 6) is 0. The first-order valence-electron chi connectivity index (χ1n) is 7.31. The van der Waals surface area contributed by atoms with E-state index in [-0.39, 0.29) is 0 Å². The minimum Gasteiger partial charge on any atom is -0.313 e. The van der Waals surface area contributed by atoms with Crippen molar-refractivity contribution >= 4 is 10.0 Å². The molecule has 118 valence electrons. The molecule has 0 aliphatic heterocycles. The number of unbranched alkanes of at least 4 members (excludes halogenated alkanes) is 1. The zero-order valence-electron chi connectivity index (χ0n) is 13.2. The first-order valence-corrected chi connectivity index (χ1v) is 8.75. The van der Waals surface area contributed by atoms with Gasteiger partial charge >= 0.3 is 0 Å². The number of benzene rings is 1. The Kier molecular flexibility index (Phi) is 7.08. The molecule has 0 radical (unpaired) electrons. The van der Waals surface area contributed by atoms with Crippen LogP contribution in [0.2, 0.25) is 0 Å². The predicted molar refractivity (Wildman–Crippen MR) is 87.8 cm³/mol. The van der Waals surface area contributed by atoms with Crippen LogP contribution in [-0.2, 0) is 16.6 Å². The lowest BCUT2D eigenvalue weighted by Gasteiger charge is -2.18. The van der Waals surface area contributed by atoms with Crippen molar-refractivity contribution in [2.24, 2.45) is 0 Å². The van der Waals surface area contributed by atoms with Gasteiger partial charge in [0, 0.05) is 20.1 Å². The molecule has 0 aromatic heterocycles. The Morgan fingerprint density at radius 3 is 2.71 bits per heavy atom. The van der Waals surface area contributed by atoms with E-state index in [1.54, 1.807) is 25.3 Å². The SMILES string of the molecule is C=CCCCN(C)S(=O)(=O)c1ccc(C)c(CNCC)c1. The van der Waals surface area contributed by atoms with Crippen LogP contribution in [0.4, 0.5) is 0 Å². The summed E-state index contributed by atoms with van der Waals surface area (Å²) in [5, 5.41) is 3.24. The Morgan fingerprint density at radius 1 is 1.38 bits per heavy atom. The third-order valence-corrected chi connectivity index (χ3v) is 5.33. The topological polar surface area (TPSA) is 49.4 Å². The molecule has 0 unspecified atom stereocenters. The lowest BCUT2D eigenvalue weighted by atomic mass is 10.1. The summed E-state index contributed by atoms with van der Waals surface area (Å²) in [6, 6.07) is 5.33. The summed E-state index contributed by atoms with van der Waals surface area (Å²) >= 11 is 0. The molecular weight excluding hydrogens is 284 g/mol. The monoisotopic (exact) mass is 310 g/mol. The minimum atomic E-state index is -3.41. The minimum absolute atomic E-state index is 0.363. The molecule has 1 aromatic rings. The van der Waals surface area contributed by atoms with Crippen LogP contribution in [0.15, 0.2) is 35.7 Å². The molecule has 5 heteroatoms. The highest BCUT2D eigenvalue weighted by Crippen LogP contribution is 2.19. The maximum Gasteiger partial charge on any atom is 0.242 e. The average molecular weight is 310 g/mol. The van der Waals surface area contributed by atoms with Crippen molar-refractivity contribution in [3.05, 3.63) is 42.0 Å². The zero-order valence-corrected chi connectivity index (χ0v) is 14.0. The van der Waals surface area contributed by atoms with Crippen LogP contribution < -0.4 is 5.32 Å². The van der Waals surface area contributed by atoms with Crippen LogP contribution in [-0.4, -0.2) is 32.9 Å². The van der Waals surface area contributed by atoms with E-state index in [0.29, 0.717) is 18.0 Å². The Balaban J connectivity index is 2.94. The van der Waals surface area contributed by atoms with Crippen molar-refractivity contribution in [1.82, 2.24) is 9.62 Å². The summed E-state index contributed by atoms with van der Waals surface area (Å²) in [4.78, 5) is 0.363. The number of hydrogen-bond acceptors (Lipinski definition) is 3. The van der Waals surface area contributed by atoms with Gasteiger partial charge in [-0.2, -0.15) is 0 Å². The highest BCUT2D eigenvalue weighted by atomic mass is 32.2. The van der Waals surface area contributed by atoms with Gasteiger partial charge in [-0.15, -0.1) is 6.58 Å². The normalized spacial score (nSPS) is 11.8. The maximum atomic E-state index is 12.5. The molecule has 4 nitrogen and oxygen atoms in total. The van der Waals surface area contributed by atoms with Gasteiger partial charge in [-0.05, 0) is 49.6 Å². The Hall–Kier alpha value is -1.17. The van der Waals surface area contributed by atoms with Crippen LogP contribution in [0, 0.1) is 6.92 Å². The predicted octanol–water partition coefficient (Wildman–Crippen LogP) is 2.69. The lowest BCUT2D eigenvalue weighted by Crippen LogP contribution is -2.28. The smallest absolute Gasteiger partial charge is 0.242 e. The second-order valence-corrected chi connectivity index (χ2v) is 7.17. The van der Waals surface area contributed by atoms with Gasteiger partial charge < -0.3 is 5.32 Å². The molecule has 0 spiro atoms. The van der Waals surface area contributed by atoms with Crippen molar-refractivity contribution in [3.63, 3.8) is 0 Å². The molecular formula is C16H26N2O2S. The number of allylic oxidation sites excluding steroid dienone is 1. The number of rotatable bonds is 9. The van der Waals surface area contributed by atoms with Gasteiger partial charge in [0.1, 0.15) is 0 Å². The van der Waals surface area contributed by atoms with E-state index in [4.69, 9.17) is 0 Å². The molecule has 21 heavy (non-hydrogen) atoms. The van der Waals surface area contributed by atoms with E-state index in [1.807, 2.05) is 19.9 Å². The number of sulfonamides is 1. The van der Waals surface area contributed by atoms with E-state index >= 15 is 0 Å². The van der Waals surface area contributed by atoms with Crippen molar-refractivity contribution in [1.29, 1.82) is 0 Å². The van der Waals surface area contributed by atoms with Gasteiger partial charge in [-0.25, -0.2) is 12.7 Å². The number of hydrogen-bond donors (Lipinski definition) is 1. The van der Waals surface area contributed by atoms with Gasteiger partial charge in [0.25, 0.3) is 0 Å². The quantitative estimate of drug-likeness (QED) is 0.563. The van der Waals surface area contributed by atoms with E-state index in [1.165, 1.54) is 4.31 Å². The molecule has 1 rings (SSSR count). The van der Waals surface area contributed by atoms with Gasteiger partial charge in [0.05, 0.1) is 4.90 Å². The van der Waals surface area contributed by atoms with E-state index < -0.39 is 10.0 Å². The summed E-state index contributed by atoms with van der Waals surface area (Å²) in [7, 11) is -1.79. The van der Waals surface area contributed by atoms with Crippen molar-refractivity contribution in [3.8, 4) is 0 Å². The van der Waals surface area contributed by atoms with Gasteiger partial charge in [-0.1, -0.05) is 19.1 Å². The fourth-order valence-electron chi connectivity index (χ4n) is 2.02. The molecule has 1 N–H and O–H groups in total. The number of aryl methyl sites for hydroxylation is 1. The molecule has 0 bridgehead atoms. The van der Waals surface area contributed by atoms with Gasteiger partial charge in [0.15, 0.2) is 0 Å². The second kappa shape index (κ2) is 8.32. The molecule has 0 saturated carbocycles. The highest BCUT2D eigenvalue weighted by Gasteiger charge is 2.20. The third-order valence-electron chi connectivity index (χ3n) is 3.48. The molecule has 1 aromatic carbocycles. The lowest BCUT2D eigenvalue weighted by molar-refractivity contribution is 0.462. The first-order chi connectivity index (χ1) is 9.93. The van der Waals surface area contributed by atoms with Crippen molar-refractivity contribution in [2.45, 2.75) is 38.1 Å². The Labute approximate surface area is 128 Å². The number of nitrogens with one attached hydrogen (secondary N) is 1. The molecule has 0 saturated heterocycles. The van der Waals surface area contributed by atoms with Crippen LogP contribution in [0.3, 0.4) is 0 Å². The second-order valence-electron chi connectivity index (χ2n) is 5.13. The maximum absolute atomic E-state index is 12.5. The molecule has 0 heterocycles. The first kappa shape index (κ1) is 17.9. The van der Waals surface area contributed by atoms with E-state index in [2.05, 4.69) is 11.9 Å². The van der Waals surface area contributed by atoms with E-state index in [9.17, 15) is 8.42 Å². The standard InChI is InChI=1S/C16H26N2O2S/c1-5-7-8-11-18(4)21(19,20)16-10-9-14(3)15(12-16)13-17-6-2/h5,9-10,12,17H,1,6-8,11,13H2,2-4H3. The fourth-order valence-corrected chi connectivity index (χ4v) is 3.28. The molecule has 0 aliphatic carbocycles. The summed E-state index contributed by atoms with van der Waals surface area (Å²) in [5.41, 5.74) is 2.13. The van der Waals surface area contributed by atoms with Crippen molar-refractivity contribution in [2.75, 3.05) is 20.1 Å². The van der Waals surface area contributed by atoms with E-state index in [0.717, 1.165) is 30.5 Å². The molecule has 0 amide bonds. The van der Waals surface area contributed by atoms with Gasteiger partial charge in [-0.3, -0.25) is 0 Å². The molecule has 0 aliphatic rings. The van der Waals surface area contributed by atoms with Crippen LogP contribution in [0.5, 0.6) is 0 Å². The summed E-state index contributed by atoms with van der Waals surface area (Å²) in [6.45, 7) is 9.73. The Morgan fingerprint density at radius 2 is 2.10 bits per heavy atom. The number of nitrogens with zero attached hydrogens (tertiary/aromatic N) is 1. The summed E-state index contributed by atoms with van der Waals surface area (Å²) < 4.78 is 26.5. The Bertz CT molecular complexity index is 568. The molecule has 0 fully saturated rings.